The minimum Gasteiger partial charge on any atom is -0.355 e. The maximum atomic E-state index is 12.8. The van der Waals surface area contributed by atoms with Crippen molar-refractivity contribution in [1.82, 2.24) is 19.8 Å². The van der Waals surface area contributed by atoms with E-state index in [1.165, 1.54) is 4.31 Å². The second kappa shape index (κ2) is 9.49. The molecule has 9 heteroatoms. The number of aryl methyl sites for hydroxylation is 2. The Hall–Kier alpha value is -1.97. The lowest BCUT2D eigenvalue weighted by Gasteiger charge is -2.33. The fourth-order valence-electron chi connectivity index (χ4n) is 3.03. The maximum absolute atomic E-state index is 12.8. The maximum Gasteiger partial charge on any atom is 0.243 e. The molecule has 2 rings (SSSR count). The first-order valence-electron chi connectivity index (χ1n) is 9.52. The highest BCUT2D eigenvalue weighted by Crippen LogP contribution is 2.20. The van der Waals surface area contributed by atoms with Crippen molar-refractivity contribution in [2.75, 3.05) is 39.3 Å². The largest absolute Gasteiger partial charge is 0.355 e. The molecule has 0 bridgehead atoms. The number of likely N-dealkylation sites (N-methyl/N-ethyl adjacent to an activating group) is 1. The average molecular weight is 411 g/mol. The second-order valence-corrected chi connectivity index (χ2v) is 9.05. The van der Waals surface area contributed by atoms with Crippen LogP contribution in [0.15, 0.2) is 23.1 Å². The van der Waals surface area contributed by atoms with Crippen molar-refractivity contribution in [3.63, 3.8) is 0 Å². The summed E-state index contributed by atoms with van der Waals surface area (Å²) >= 11 is 0. The van der Waals surface area contributed by atoms with Gasteiger partial charge in [-0.3, -0.25) is 14.5 Å². The van der Waals surface area contributed by atoms with Gasteiger partial charge in [0.2, 0.25) is 21.8 Å². The Balaban J connectivity index is 1.89. The van der Waals surface area contributed by atoms with Gasteiger partial charge in [0, 0.05) is 32.7 Å². The summed E-state index contributed by atoms with van der Waals surface area (Å²) in [6.07, 6.45) is 0. The highest BCUT2D eigenvalue weighted by atomic mass is 32.2. The summed E-state index contributed by atoms with van der Waals surface area (Å²) < 4.78 is 27.2. The number of piperazine rings is 1. The molecule has 1 aromatic rings. The van der Waals surface area contributed by atoms with Crippen molar-refractivity contribution in [1.29, 1.82) is 0 Å². The predicted octanol–water partition coefficient (Wildman–Crippen LogP) is 0.251. The Morgan fingerprint density at radius 1 is 1.11 bits per heavy atom. The third-order valence-corrected chi connectivity index (χ3v) is 6.83. The number of hydrogen-bond acceptors (Lipinski definition) is 5. The van der Waals surface area contributed by atoms with Crippen LogP contribution in [0.2, 0.25) is 0 Å². The zero-order valence-electron chi connectivity index (χ0n) is 17.0. The van der Waals surface area contributed by atoms with Crippen LogP contribution in [0, 0.1) is 13.8 Å². The Morgan fingerprint density at radius 3 is 2.32 bits per heavy atom. The van der Waals surface area contributed by atoms with Gasteiger partial charge in [-0.05, 0) is 51.0 Å². The summed E-state index contributed by atoms with van der Waals surface area (Å²) in [5, 5.41) is 5.33. The molecule has 28 heavy (non-hydrogen) atoms. The van der Waals surface area contributed by atoms with Gasteiger partial charge in [0.25, 0.3) is 0 Å². The Morgan fingerprint density at radius 2 is 1.75 bits per heavy atom. The van der Waals surface area contributed by atoms with E-state index in [0.717, 1.165) is 11.1 Å². The highest BCUT2D eigenvalue weighted by molar-refractivity contribution is 7.89. The average Bonchev–Trinajstić information content (AvgIpc) is 2.64. The lowest BCUT2D eigenvalue weighted by Crippen LogP contribution is -2.53. The molecule has 1 fully saturated rings. The van der Waals surface area contributed by atoms with Crippen LogP contribution in [0.1, 0.15) is 25.0 Å². The van der Waals surface area contributed by atoms with Gasteiger partial charge in [-0.15, -0.1) is 0 Å². The van der Waals surface area contributed by atoms with Gasteiger partial charge in [0.15, 0.2) is 0 Å². The first kappa shape index (κ1) is 22.3. The van der Waals surface area contributed by atoms with Gasteiger partial charge in [0.05, 0.1) is 11.4 Å². The minimum absolute atomic E-state index is 0.140. The number of amides is 2. The molecule has 0 aliphatic carbocycles. The first-order valence-corrected chi connectivity index (χ1v) is 11.0. The van der Waals surface area contributed by atoms with Crippen molar-refractivity contribution in [3.8, 4) is 0 Å². The topological polar surface area (TPSA) is 98.8 Å². The van der Waals surface area contributed by atoms with E-state index in [1.807, 2.05) is 31.7 Å². The van der Waals surface area contributed by atoms with Crippen LogP contribution in [0.25, 0.3) is 0 Å². The van der Waals surface area contributed by atoms with Crippen LogP contribution < -0.4 is 10.6 Å². The van der Waals surface area contributed by atoms with Crippen LogP contribution in [0.3, 0.4) is 0 Å². The Bertz CT molecular complexity index is 817. The van der Waals surface area contributed by atoms with Crippen molar-refractivity contribution < 1.29 is 18.0 Å². The molecule has 1 aliphatic heterocycles. The normalized spacial score (nSPS) is 17.1. The van der Waals surface area contributed by atoms with E-state index < -0.39 is 16.1 Å². The summed E-state index contributed by atoms with van der Waals surface area (Å²) in [7, 11) is -3.54. The number of carbonyl (C=O) groups excluding carboxylic acids is 2. The van der Waals surface area contributed by atoms with Crippen LogP contribution in [-0.2, 0) is 19.6 Å². The number of nitrogens with zero attached hydrogens (tertiary/aromatic N) is 2. The Kier molecular flexibility index (Phi) is 7.56. The molecule has 1 atom stereocenters. The molecule has 0 radical (unpaired) electrons. The second-order valence-electron chi connectivity index (χ2n) is 7.11. The van der Waals surface area contributed by atoms with Crippen molar-refractivity contribution >= 4 is 21.8 Å². The van der Waals surface area contributed by atoms with Gasteiger partial charge < -0.3 is 10.6 Å². The van der Waals surface area contributed by atoms with Gasteiger partial charge in [-0.2, -0.15) is 4.31 Å². The molecular formula is C19H30N4O4S. The fraction of sp³-hybridized carbons (Fsp3) is 0.579. The zero-order valence-corrected chi connectivity index (χ0v) is 17.8. The molecule has 0 unspecified atom stereocenters. The van der Waals surface area contributed by atoms with E-state index in [1.54, 1.807) is 19.1 Å². The highest BCUT2D eigenvalue weighted by Gasteiger charge is 2.29. The van der Waals surface area contributed by atoms with Crippen LogP contribution in [0.5, 0.6) is 0 Å². The van der Waals surface area contributed by atoms with E-state index in [9.17, 15) is 18.0 Å². The number of carbonyl (C=O) groups is 2. The lowest BCUT2D eigenvalue weighted by molar-refractivity contribution is -0.129. The Labute approximate surface area is 167 Å². The molecule has 0 aromatic heterocycles. The summed E-state index contributed by atoms with van der Waals surface area (Å²) in [6, 6.07) is 4.56. The van der Waals surface area contributed by atoms with Crippen LogP contribution in [0.4, 0.5) is 0 Å². The molecule has 1 aromatic carbocycles. The van der Waals surface area contributed by atoms with Crippen LogP contribution in [-0.4, -0.2) is 74.7 Å². The van der Waals surface area contributed by atoms with E-state index in [-0.39, 0.29) is 18.4 Å². The predicted molar refractivity (Wildman–Crippen MR) is 107 cm³/mol. The molecule has 0 spiro atoms. The van der Waals surface area contributed by atoms with Crippen LogP contribution >= 0.6 is 0 Å². The monoisotopic (exact) mass is 410 g/mol. The molecule has 0 saturated carbocycles. The van der Waals surface area contributed by atoms with E-state index >= 15 is 0 Å². The summed E-state index contributed by atoms with van der Waals surface area (Å²) in [5.74, 6) is -0.468. The van der Waals surface area contributed by atoms with Gasteiger partial charge in [0.1, 0.15) is 6.04 Å². The van der Waals surface area contributed by atoms with Gasteiger partial charge in [-0.1, -0.05) is 6.07 Å². The molecule has 156 valence electrons. The van der Waals surface area contributed by atoms with Crippen molar-refractivity contribution in [3.05, 3.63) is 29.3 Å². The third kappa shape index (κ3) is 5.52. The molecule has 1 aliphatic rings. The molecule has 2 amide bonds. The third-order valence-electron chi connectivity index (χ3n) is 4.94. The number of hydrogen-bond donors (Lipinski definition) is 2. The van der Waals surface area contributed by atoms with Crippen molar-refractivity contribution in [2.24, 2.45) is 0 Å². The molecule has 1 saturated heterocycles. The van der Waals surface area contributed by atoms with E-state index in [0.29, 0.717) is 37.6 Å². The molecule has 1 heterocycles. The standard InChI is InChI=1S/C19H30N4O4S/c1-5-20-19(25)16(4)21-18(24)13-22-8-10-23(11-9-22)28(26,27)17-7-6-14(2)15(3)12-17/h6-7,12,16H,5,8-11,13H2,1-4H3,(H,20,25)(H,21,24)/t16-/m0/s1. The number of benzene rings is 1. The van der Waals surface area contributed by atoms with Crippen molar-refractivity contribution in [2.45, 2.75) is 38.6 Å². The fourth-order valence-corrected chi connectivity index (χ4v) is 4.54. The molecule has 2 N–H and O–H groups in total. The van der Waals surface area contributed by atoms with Gasteiger partial charge in [-0.25, -0.2) is 8.42 Å². The number of nitrogens with one attached hydrogen (secondary N) is 2. The zero-order chi connectivity index (χ0) is 20.9. The van der Waals surface area contributed by atoms with E-state index in [2.05, 4.69) is 10.6 Å². The smallest absolute Gasteiger partial charge is 0.243 e. The summed E-state index contributed by atoms with van der Waals surface area (Å²) in [6.45, 7) is 9.53. The first-order chi connectivity index (χ1) is 13.1. The minimum atomic E-state index is -3.54. The summed E-state index contributed by atoms with van der Waals surface area (Å²) in [5.41, 5.74) is 1.99. The lowest BCUT2D eigenvalue weighted by atomic mass is 10.1. The quantitative estimate of drug-likeness (QED) is 0.671. The number of rotatable bonds is 7. The van der Waals surface area contributed by atoms with Gasteiger partial charge >= 0.3 is 0 Å². The van der Waals surface area contributed by atoms with E-state index in [4.69, 9.17) is 0 Å². The molecular weight excluding hydrogens is 380 g/mol. The summed E-state index contributed by atoms with van der Waals surface area (Å²) in [4.78, 5) is 26.0. The number of sulfonamides is 1. The molecule has 8 nitrogen and oxygen atoms in total. The SMILES string of the molecule is CCNC(=O)[C@H](C)NC(=O)CN1CCN(S(=O)(=O)c2ccc(C)c(C)c2)CC1.